The van der Waals surface area contributed by atoms with Crippen LogP contribution in [0, 0.1) is 6.92 Å². The Hall–Kier alpha value is -3.87. The molecule has 0 aliphatic carbocycles. The van der Waals surface area contributed by atoms with Crippen molar-refractivity contribution in [2.24, 2.45) is 11.5 Å². The van der Waals surface area contributed by atoms with Crippen LogP contribution in [0.5, 0.6) is 0 Å². The molecule has 0 saturated carbocycles. The number of likely N-dealkylation sites (N-methyl/N-ethyl adjacent to an activating group) is 1. The van der Waals surface area contributed by atoms with Crippen molar-refractivity contribution < 1.29 is 14.4 Å². The van der Waals surface area contributed by atoms with Gasteiger partial charge in [0.25, 0.3) is 0 Å². The maximum Gasteiger partial charge on any atom is 0.245 e. The minimum absolute atomic E-state index is 0.216. The van der Waals surface area contributed by atoms with E-state index in [1.165, 1.54) is 16.7 Å². The Morgan fingerprint density at radius 3 is 2.42 bits per heavy atom. The molecule has 0 spiro atoms. The summed E-state index contributed by atoms with van der Waals surface area (Å²) in [6.45, 7) is 3.51. The molecule has 3 amide bonds. The van der Waals surface area contributed by atoms with Crippen LogP contribution >= 0.6 is 23.4 Å². The molecule has 1 aliphatic rings. The number of para-hydroxylation sites is 1. The lowest BCUT2D eigenvalue weighted by Gasteiger charge is -2.32. The van der Waals surface area contributed by atoms with Gasteiger partial charge in [-0.05, 0) is 92.6 Å². The number of aromatic amines is 1. The van der Waals surface area contributed by atoms with Gasteiger partial charge in [-0.15, -0.1) is 0 Å². The third kappa shape index (κ3) is 9.26. The number of hydrogen-bond acceptors (Lipinski definition) is 7. The summed E-state index contributed by atoms with van der Waals surface area (Å²) in [5.74, 6) is -0.926. The highest BCUT2D eigenvalue weighted by molar-refractivity contribution is 7.99. The van der Waals surface area contributed by atoms with Gasteiger partial charge in [-0.25, -0.2) is 0 Å². The zero-order valence-electron chi connectivity index (χ0n) is 28.8. The van der Waals surface area contributed by atoms with Gasteiger partial charge in [-0.1, -0.05) is 65.8 Å². The Labute approximate surface area is 303 Å². The van der Waals surface area contributed by atoms with E-state index in [-0.39, 0.29) is 30.7 Å². The van der Waals surface area contributed by atoms with Gasteiger partial charge >= 0.3 is 0 Å². The van der Waals surface area contributed by atoms with Crippen molar-refractivity contribution in [3.8, 4) is 0 Å². The molecule has 3 atom stereocenters. The molecule has 266 valence electrons. The lowest BCUT2D eigenvalue weighted by Crippen LogP contribution is -2.57. The first-order valence-corrected chi connectivity index (χ1v) is 18.5. The van der Waals surface area contributed by atoms with Gasteiger partial charge in [0.05, 0.1) is 11.1 Å². The number of carbonyl (C=O) groups is 3. The van der Waals surface area contributed by atoms with E-state index in [0.29, 0.717) is 56.8 Å². The molecule has 50 heavy (non-hydrogen) atoms. The molecule has 3 aromatic carbocycles. The number of fused-ring (bicyclic) bond motifs is 3. The third-order valence-corrected chi connectivity index (χ3v) is 10.9. The summed E-state index contributed by atoms with van der Waals surface area (Å²) in [7, 11) is 1.64. The highest BCUT2D eigenvalue weighted by Crippen LogP contribution is 2.38. The van der Waals surface area contributed by atoms with Crippen molar-refractivity contribution >= 4 is 52.0 Å². The predicted octanol–water partition coefficient (Wildman–Crippen LogP) is 4.79. The number of carbonyl (C=O) groups excluding carboxylic acids is 3. The summed E-state index contributed by atoms with van der Waals surface area (Å²) >= 11 is 8.41. The molecule has 2 heterocycles. The number of amides is 3. The van der Waals surface area contributed by atoms with E-state index in [4.69, 9.17) is 23.1 Å². The van der Waals surface area contributed by atoms with E-state index in [0.717, 1.165) is 42.9 Å². The fraction of sp³-hybridized carbons (Fsp3) is 0.395. The second-order valence-electron chi connectivity index (χ2n) is 12.9. The summed E-state index contributed by atoms with van der Waals surface area (Å²) in [6.07, 6.45) is 5.02. The van der Waals surface area contributed by atoms with E-state index in [1.807, 2.05) is 73.8 Å². The van der Waals surface area contributed by atoms with Crippen molar-refractivity contribution in [2.45, 2.75) is 86.5 Å². The first-order valence-electron chi connectivity index (χ1n) is 17.3. The van der Waals surface area contributed by atoms with Crippen molar-refractivity contribution in [1.29, 1.82) is 0 Å². The second-order valence-corrected chi connectivity index (χ2v) is 14.4. The van der Waals surface area contributed by atoms with Crippen LogP contribution in [0.15, 0.2) is 76.7 Å². The van der Waals surface area contributed by atoms with Crippen LogP contribution < -0.4 is 27.4 Å². The number of aromatic nitrogens is 1. The monoisotopic (exact) mass is 717 g/mol. The summed E-state index contributed by atoms with van der Waals surface area (Å²) in [5.41, 5.74) is 16.4. The van der Waals surface area contributed by atoms with Gasteiger partial charge in [0.15, 0.2) is 0 Å². The Balaban J connectivity index is 1.57. The molecule has 5 rings (SSSR count). The van der Waals surface area contributed by atoms with Gasteiger partial charge in [0.2, 0.25) is 17.7 Å². The molecule has 8 N–H and O–H groups in total. The lowest BCUT2D eigenvalue weighted by atomic mass is 10.0. The number of benzene rings is 3. The maximum absolute atomic E-state index is 14.4. The number of halogens is 1. The minimum atomic E-state index is -0.866. The van der Waals surface area contributed by atoms with Gasteiger partial charge in [-0.3, -0.25) is 14.4 Å². The van der Waals surface area contributed by atoms with Crippen LogP contribution in [-0.2, 0) is 33.9 Å². The van der Waals surface area contributed by atoms with Crippen LogP contribution in [0.25, 0.3) is 10.9 Å². The number of aryl methyl sites for hydroxylation is 1. The Morgan fingerprint density at radius 2 is 1.62 bits per heavy atom. The molecular formula is C38H48ClN7O3S. The molecule has 1 aromatic heterocycles. The van der Waals surface area contributed by atoms with Crippen molar-refractivity contribution in [3.63, 3.8) is 0 Å². The van der Waals surface area contributed by atoms with E-state index in [9.17, 15) is 14.4 Å². The zero-order chi connectivity index (χ0) is 35.6. The smallest absolute Gasteiger partial charge is 0.245 e. The standard InChI is InChI=1S/C38H48ClN7O3S/c1-24-18-27-23-44-37(48)33(20-26-22-42-30-12-5-4-11-28(26)30)46(2)38(49)32(13-7-8-16-40)45-36(47)31(14-9-17-41)43-21-25-10-3-6-15-34(25)50-35(27)29(39)19-24/h3-6,10-12,15,18-19,22,31-33,42-43H,7-9,13-14,16-17,20-21,23,40-41H2,1-2H3,(H,44,48)(H,45,47). The summed E-state index contributed by atoms with van der Waals surface area (Å²) in [5, 5.41) is 11.2. The molecule has 3 unspecified atom stereocenters. The number of unbranched alkanes of at least 4 members (excludes halogenated alkanes) is 1. The fourth-order valence-electron chi connectivity index (χ4n) is 6.42. The van der Waals surface area contributed by atoms with Gasteiger partial charge in [-0.2, -0.15) is 0 Å². The van der Waals surface area contributed by atoms with Crippen LogP contribution in [0.1, 0.15) is 54.4 Å². The molecule has 0 radical (unpaired) electrons. The number of H-pyrrole nitrogens is 1. The number of hydrogen-bond donors (Lipinski definition) is 6. The highest BCUT2D eigenvalue weighted by Gasteiger charge is 2.34. The average Bonchev–Trinajstić information content (AvgIpc) is 3.52. The minimum Gasteiger partial charge on any atom is -0.361 e. The Kier molecular flexibility index (Phi) is 13.4. The number of nitrogens with two attached hydrogens (primary N) is 2. The van der Waals surface area contributed by atoms with Crippen molar-refractivity contribution in [2.75, 3.05) is 20.1 Å². The lowest BCUT2D eigenvalue weighted by molar-refractivity contribution is -0.142. The zero-order valence-corrected chi connectivity index (χ0v) is 30.3. The molecule has 12 heteroatoms. The van der Waals surface area contributed by atoms with Gasteiger partial charge < -0.3 is 37.3 Å². The maximum atomic E-state index is 14.4. The molecule has 10 nitrogen and oxygen atoms in total. The van der Waals surface area contributed by atoms with Crippen LogP contribution in [0.4, 0.5) is 0 Å². The molecule has 1 aliphatic heterocycles. The van der Waals surface area contributed by atoms with E-state index in [2.05, 4.69) is 20.9 Å². The van der Waals surface area contributed by atoms with Gasteiger partial charge in [0, 0.05) is 53.4 Å². The number of nitrogens with zero attached hydrogens (tertiary/aromatic N) is 1. The summed E-state index contributed by atoms with van der Waals surface area (Å²) in [4.78, 5) is 49.2. The summed E-state index contributed by atoms with van der Waals surface area (Å²) in [6, 6.07) is 17.5. The van der Waals surface area contributed by atoms with Crippen LogP contribution in [-0.4, -0.2) is 65.9 Å². The molecule has 4 aromatic rings. The van der Waals surface area contributed by atoms with E-state index in [1.54, 1.807) is 7.05 Å². The molecular weight excluding hydrogens is 670 g/mol. The van der Waals surface area contributed by atoms with E-state index < -0.39 is 18.1 Å². The average molecular weight is 718 g/mol. The first-order chi connectivity index (χ1) is 24.2. The quantitative estimate of drug-likeness (QED) is 0.136. The summed E-state index contributed by atoms with van der Waals surface area (Å²) < 4.78 is 0. The Morgan fingerprint density at radius 1 is 0.880 bits per heavy atom. The molecule has 0 saturated heterocycles. The van der Waals surface area contributed by atoms with Crippen molar-refractivity contribution in [1.82, 2.24) is 25.8 Å². The second kappa shape index (κ2) is 17.9. The van der Waals surface area contributed by atoms with Crippen molar-refractivity contribution in [3.05, 3.63) is 94.1 Å². The van der Waals surface area contributed by atoms with Crippen LogP contribution in [0.2, 0.25) is 5.02 Å². The predicted molar refractivity (Wildman–Crippen MR) is 201 cm³/mol. The number of rotatable bonds is 9. The first kappa shape index (κ1) is 37.4. The van der Waals surface area contributed by atoms with Gasteiger partial charge in [0.1, 0.15) is 12.1 Å². The topological polar surface area (TPSA) is 158 Å². The Bertz CT molecular complexity index is 1800. The molecule has 0 fully saturated rings. The normalized spacial score (nSPS) is 19.4. The van der Waals surface area contributed by atoms with Crippen LogP contribution in [0.3, 0.4) is 0 Å². The van der Waals surface area contributed by atoms with E-state index >= 15 is 0 Å². The SMILES string of the molecule is Cc1cc(Cl)c2c(c1)CNC(=O)C(Cc1c[nH]c3ccccc13)N(C)C(=O)C(CCCCN)NC(=O)C(CCCN)NCc1ccccc1S2. The largest absolute Gasteiger partial charge is 0.361 e. The highest BCUT2D eigenvalue weighted by atomic mass is 35.5. The third-order valence-electron chi connectivity index (χ3n) is 9.22. The molecule has 0 bridgehead atoms. The number of nitrogens with one attached hydrogen (secondary N) is 4. The fourth-order valence-corrected chi connectivity index (χ4v) is 7.89.